The van der Waals surface area contributed by atoms with Crippen molar-refractivity contribution in [3.05, 3.63) is 333 Å². The minimum atomic E-state index is 0.503. The van der Waals surface area contributed by atoms with Gasteiger partial charge >= 0.3 is 0 Å². The van der Waals surface area contributed by atoms with E-state index in [9.17, 15) is 5.26 Å². The number of rotatable bonds is 7. The molecule has 22 aromatic rings. The molecule has 7 heterocycles. The minimum Gasteiger partial charge on any atom is -0.309 e. The SMILES string of the molecule is N#Cc1c(-n2c3ccccc3c3ccccc32)c(-n2c3ccccc3c3cc(-n4c5ccccc5c5ccccc54)ccc32)c(-n2c3ccccc3c3ccccc32)c(-n2c3ccccc3c3cc(-n4c5ccccc5c5ccccc54)ccc32)c1-n1c2ccccc2c2ccccc21. The molecule has 8 heteroatoms. The quantitative estimate of drug-likeness (QED) is 0.157. The average molecular weight is 1260 g/mol. The van der Waals surface area contributed by atoms with Crippen LogP contribution in [0.2, 0.25) is 0 Å². The first kappa shape index (κ1) is 53.7. The van der Waals surface area contributed by atoms with E-state index in [1.807, 2.05) is 0 Å². The third-order valence-corrected chi connectivity index (χ3v) is 21.3. The van der Waals surface area contributed by atoms with E-state index < -0.39 is 0 Å². The summed E-state index contributed by atoms with van der Waals surface area (Å²) in [7, 11) is 0. The van der Waals surface area contributed by atoms with Crippen LogP contribution in [0.1, 0.15) is 5.56 Å². The van der Waals surface area contributed by atoms with Crippen LogP contribution in [0.15, 0.2) is 328 Å². The van der Waals surface area contributed by atoms with Crippen molar-refractivity contribution < 1.29 is 0 Å². The van der Waals surface area contributed by atoms with Crippen LogP contribution in [-0.4, -0.2) is 32.0 Å². The minimum absolute atomic E-state index is 0.503. The Labute approximate surface area is 565 Å². The van der Waals surface area contributed by atoms with E-state index in [1.54, 1.807) is 0 Å². The molecule has 0 unspecified atom stereocenters. The van der Waals surface area contributed by atoms with Gasteiger partial charge in [-0.25, -0.2) is 0 Å². The number of fused-ring (bicyclic) bond motifs is 21. The first-order valence-corrected chi connectivity index (χ1v) is 33.8. The van der Waals surface area contributed by atoms with Crippen LogP contribution in [0, 0.1) is 11.3 Å². The first-order valence-electron chi connectivity index (χ1n) is 33.8. The molecular weight excluding hydrogens is 1210 g/mol. The molecule has 0 aliphatic rings. The van der Waals surface area contributed by atoms with E-state index >= 15 is 0 Å². The number of benzene rings is 15. The van der Waals surface area contributed by atoms with Crippen molar-refractivity contribution in [1.29, 1.82) is 5.26 Å². The van der Waals surface area contributed by atoms with E-state index in [1.165, 1.54) is 21.5 Å². The Balaban J connectivity index is 1.01. The zero-order valence-electron chi connectivity index (χ0n) is 53.3. The average Bonchev–Trinajstić information content (AvgIpc) is 1.57. The van der Waals surface area contributed by atoms with Crippen LogP contribution in [0.3, 0.4) is 0 Å². The standard InChI is InChI=1S/C91H54N8/c92-55-72-87(95-77-41-17-5-29-62(77)63-30-6-18-42-78(63)95)89(98-83-47-23-11-35-68(83)70-53-56(49-51-85(70)98)93-73-37-13-1-25-58(73)59-26-2-14-38-74(59)93)91(97-81-45-21-9-33-66(81)67-34-10-22-46-82(67)97)90(88(72)96-79-43-19-7-31-64(79)65-32-8-20-44-80(65)96)99-84-48-24-12-36-69(84)71-54-57(50-52-86(71)99)94-75-39-15-3-27-60(75)61-28-4-16-40-76(61)94/h1-54H. The van der Waals surface area contributed by atoms with Gasteiger partial charge in [-0.1, -0.05) is 218 Å². The molecule has 7 aromatic heterocycles. The van der Waals surface area contributed by atoms with Crippen LogP contribution < -0.4 is 0 Å². The number of para-hydroxylation sites is 12. The number of hydrogen-bond donors (Lipinski definition) is 0. The zero-order chi connectivity index (χ0) is 64.7. The van der Waals surface area contributed by atoms with Crippen molar-refractivity contribution in [1.82, 2.24) is 32.0 Å². The van der Waals surface area contributed by atoms with Gasteiger partial charge in [-0.2, -0.15) is 5.26 Å². The Morgan fingerprint density at radius 2 is 0.323 bits per heavy atom. The molecule has 8 nitrogen and oxygen atoms in total. The molecule has 0 saturated carbocycles. The lowest BCUT2D eigenvalue weighted by molar-refractivity contribution is 0.992. The van der Waals surface area contributed by atoms with Gasteiger partial charge in [0.2, 0.25) is 0 Å². The lowest BCUT2D eigenvalue weighted by atomic mass is 10.0. The van der Waals surface area contributed by atoms with Gasteiger partial charge in [0.15, 0.2) is 0 Å². The summed E-state index contributed by atoms with van der Waals surface area (Å²) in [6.45, 7) is 0. The molecule has 0 radical (unpaired) electrons. The number of nitrogens with zero attached hydrogens (tertiary/aromatic N) is 8. The second-order valence-electron chi connectivity index (χ2n) is 26.2. The molecule has 0 spiro atoms. The fraction of sp³-hybridized carbons (Fsp3) is 0. The van der Waals surface area contributed by atoms with Gasteiger partial charge in [-0.15, -0.1) is 0 Å². The monoisotopic (exact) mass is 1260 g/mol. The summed E-state index contributed by atoms with van der Waals surface area (Å²) in [5.41, 5.74) is 21.2. The van der Waals surface area contributed by atoms with E-state index in [0.29, 0.717) is 5.56 Å². The summed E-state index contributed by atoms with van der Waals surface area (Å²) in [4.78, 5) is 0. The van der Waals surface area contributed by atoms with Gasteiger partial charge in [0.05, 0.1) is 106 Å². The highest BCUT2D eigenvalue weighted by atomic mass is 15.2. The topological polar surface area (TPSA) is 58.3 Å². The summed E-state index contributed by atoms with van der Waals surface area (Å²) in [5, 5.41) is 29.2. The molecule has 0 aliphatic carbocycles. The second-order valence-corrected chi connectivity index (χ2v) is 26.2. The molecule has 0 atom stereocenters. The van der Waals surface area contributed by atoms with Crippen molar-refractivity contribution in [3.8, 4) is 45.9 Å². The van der Waals surface area contributed by atoms with Gasteiger partial charge in [0.1, 0.15) is 11.6 Å². The van der Waals surface area contributed by atoms with Gasteiger partial charge in [0, 0.05) is 86.8 Å². The van der Waals surface area contributed by atoms with Crippen molar-refractivity contribution in [3.63, 3.8) is 0 Å². The predicted octanol–water partition coefficient (Wildman–Crippen LogP) is 23.2. The normalized spacial score (nSPS) is 12.2. The molecule has 0 bridgehead atoms. The lowest BCUT2D eigenvalue weighted by Gasteiger charge is -2.30. The van der Waals surface area contributed by atoms with Crippen LogP contribution in [0.4, 0.5) is 0 Å². The molecule has 99 heavy (non-hydrogen) atoms. The maximum atomic E-state index is 13.5. The smallest absolute Gasteiger partial charge is 0.105 e. The van der Waals surface area contributed by atoms with E-state index in [-0.39, 0.29) is 0 Å². The molecule has 0 saturated heterocycles. The lowest BCUT2D eigenvalue weighted by Crippen LogP contribution is -2.18. The van der Waals surface area contributed by atoms with Crippen molar-refractivity contribution in [2.24, 2.45) is 0 Å². The highest BCUT2D eigenvalue weighted by molar-refractivity contribution is 6.20. The first-order chi connectivity index (χ1) is 49.2. The molecule has 0 aliphatic heterocycles. The molecule has 458 valence electrons. The second kappa shape index (κ2) is 20.2. The van der Waals surface area contributed by atoms with E-state index in [2.05, 4.69) is 366 Å². The molecule has 15 aromatic carbocycles. The Morgan fingerprint density at radius 3 is 0.535 bits per heavy atom. The number of nitriles is 1. The van der Waals surface area contributed by atoms with Gasteiger partial charge < -0.3 is 32.0 Å². The Kier molecular flexibility index (Phi) is 11.0. The van der Waals surface area contributed by atoms with Crippen molar-refractivity contribution >= 4 is 153 Å². The van der Waals surface area contributed by atoms with Gasteiger partial charge in [-0.3, -0.25) is 0 Å². The molecule has 0 N–H and O–H groups in total. The van der Waals surface area contributed by atoms with Crippen LogP contribution >= 0.6 is 0 Å². The highest BCUT2D eigenvalue weighted by Gasteiger charge is 2.37. The highest BCUT2D eigenvalue weighted by Crippen LogP contribution is 2.53. The largest absolute Gasteiger partial charge is 0.309 e. The number of aromatic nitrogens is 7. The molecular formula is C91H54N8. The van der Waals surface area contributed by atoms with Crippen molar-refractivity contribution in [2.45, 2.75) is 0 Å². The Bertz CT molecular complexity index is 6690. The van der Waals surface area contributed by atoms with Gasteiger partial charge in [-0.05, 0) is 109 Å². The Morgan fingerprint density at radius 1 is 0.162 bits per heavy atom. The number of hydrogen-bond acceptors (Lipinski definition) is 1. The van der Waals surface area contributed by atoms with Crippen molar-refractivity contribution in [2.75, 3.05) is 0 Å². The summed E-state index contributed by atoms with van der Waals surface area (Å²) < 4.78 is 17.3. The fourth-order valence-electron chi connectivity index (χ4n) is 17.4. The maximum Gasteiger partial charge on any atom is 0.105 e. The van der Waals surface area contributed by atoms with E-state index in [4.69, 9.17) is 0 Å². The van der Waals surface area contributed by atoms with Crippen LogP contribution in [-0.2, 0) is 0 Å². The zero-order valence-corrected chi connectivity index (χ0v) is 53.3. The molecule has 0 fully saturated rings. The summed E-state index contributed by atoms with van der Waals surface area (Å²) in [6, 6.07) is 123. The van der Waals surface area contributed by atoms with E-state index in [0.717, 1.165) is 171 Å². The predicted molar refractivity (Wildman–Crippen MR) is 412 cm³/mol. The summed E-state index contributed by atoms with van der Waals surface area (Å²) >= 11 is 0. The fourth-order valence-corrected chi connectivity index (χ4v) is 17.4. The van der Waals surface area contributed by atoms with Gasteiger partial charge in [0.25, 0.3) is 0 Å². The third-order valence-electron chi connectivity index (χ3n) is 21.3. The maximum absolute atomic E-state index is 13.5. The van der Waals surface area contributed by atoms with Crippen LogP contribution in [0.5, 0.6) is 0 Å². The third kappa shape index (κ3) is 7.18. The molecule has 0 amide bonds. The summed E-state index contributed by atoms with van der Waals surface area (Å²) in [5.74, 6) is 0. The van der Waals surface area contributed by atoms with Crippen LogP contribution in [0.25, 0.3) is 192 Å². The summed E-state index contributed by atoms with van der Waals surface area (Å²) in [6.07, 6.45) is 0. The Hall–Kier alpha value is -13.6. The molecule has 22 rings (SSSR count).